The molecule has 2 aromatic rings. The van der Waals surface area contributed by atoms with Gasteiger partial charge in [-0.25, -0.2) is 8.78 Å². The minimum absolute atomic E-state index is 0.251. The van der Waals surface area contributed by atoms with Gasteiger partial charge in [-0.2, -0.15) is 0 Å². The lowest BCUT2D eigenvalue weighted by Crippen LogP contribution is -2.10. The number of rotatable bonds is 4. The molecule has 5 heteroatoms. The van der Waals surface area contributed by atoms with E-state index in [0.717, 1.165) is 6.07 Å². The fourth-order valence-corrected chi connectivity index (χ4v) is 2.12. The molecule has 0 bridgehead atoms. The predicted octanol–water partition coefficient (Wildman–Crippen LogP) is 4.47. The molecule has 0 saturated carbocycles. The van der Waals surface area contributed by atoms with Crippen LogP contribution in [0, 0.1) is 11.6 Å². The van der Waals surface area contributed by atoms with Gasteiger partial charge < -0.3 is 4.74 Å². The number of halogens is 3. The number of hydrogen-bond acceptors (Lipinski definition) is 2. The van der Waals surface area contributed by atoms with Crippen molar-refractivity contribution in [1.82, 2.24) is 0 Å². The first kappa shape index (κ1) is 15.4. The maximum Gasteiger partial charge on any atom is 0.328 e. The van der Waals surface area contributed by atoms with Crippen molar-refractivity contribution in [3.63, 3.8) is 0 Å². The summed E-state index contributed by atoms with van der Waals surface area (Å²) in [4.78, 5) is 11.5. The summed E-state index contributed by atoms with van der Waals surface area (Å²) in [6.07, 6.45) is 0. The third-order valence-electron chi connectivity index (χ3n) is 2.94. The molecule has 21 heavy (non-hydrogen) atoms. The van der Waals surface area contributed by atoms with Gasteiger partial charge >= 0.3 is 5.97 Å². The van der Waals surface area contributed by atoms with Crippen molar-refractivity contribution in [2.75, 3.05) is 6.61 Å². The van der Waals surface area contributed by atoms with Gasteiger partial charge in [0.15, 0.2) is 5.38 Å². The van der Waals surface area contributed by atoms with E-state index in [9.17, 15) is 13.6 Å². The highest BCUT2D eigenvalue weighted by atomic mass is 35.5. The summed E-state index contributed by atoms with van der Waals surface area (Å²) >= 11 is 5.99. The van der Waals surface area contributed by atoms with E-state index in [0.29, 0.717) is 11.1 Å². The van der Waals surface area contributed by atoms with Crippen molar-refractivity contribution in [2.45, 2.75) is 12.3 Å². The number of alkyl halides is 1. The van der Waals surface area contributed by atoms with Gasteiger partial charge in [0.25, 0.3) is 0 Å². The van der Waals surface area contributed by atoms with E-state index in [1.165, 1.54) is 12.1 Å². The van der Waals surface area contributed by atoms with Gasteiger partial charge in [-0.3, -0.25) is 4.79 Å². The molecule has 0 N–H and O–H groups in total. The van der Waals surface area contributed by atoms with Crippen LogP contribution in [0.3, 0.4) is 0 Å². The van der Waals surface area contributed by atoms with Gasteiger partial charge in [0.2, 0.25) is 0 Å². The van der Waals surface area contributed by atoms with Crippen molar-refractivity contribution in [3.05, 3.63) is 59.7 Å². The molecule has 0 aromatic heterocycles. The number of benzene rings is 2. The molecule has 0 radical (unpaired) electrons. The second-order valence-electron chi connectivity index (χ2n) is 4.36. The molecule has 2 aromatic carbocycles. The lowest BCUT2D eigenvalue weighted by Gasteiger charge is -2.10. The van der Waals surface area contributed by atoms with Crippen LogP contribution in [0.5, 0.6) is 0 Å². The summed E-state index contributed by atoms with van der Waals surface area (Å²) < 4.78 is 31.4. The molecule has 2 nitrogen and oxygen atoms in total. The van der Waals surface area contributed by atoms with Crippen LogP contribution in [-0.4, -0.2) is 12.6 Å². The van der Waals surface area contributed by atoms with E-state index < -0.39 is 23.0 Å². The van der Waals surface area contributed by atoms with E-state index >= 15 is 0 Å². The molecule has 0 heterocycles. The van der Waals surface area contributed by atoms with Gasteiger partial charge in [-0.1, -0.05) is 24.3 Å². The van der Waals surface area contributed by atoms with Crippen LogP contribution in [0.1, 0.15) is 17.9 Å². The minimum atomic E-state index is -0.905. The highest BCUT2D eigenvalue weighted by Gasteiger charge is 2.18. The first-order valence-electron chi connectivity index (χ1n) is 6.39. The monoisotopic (exact) mass is 310 g/mol. The van der Waals surface area contributed by atoms with Crippen molar-refractivity contribution in [1.29, 1.82) is 0 Å². The van der Waals surface area contributed by atoms with Crippen LogP contribution in [0.15, 0.2) is 42.5 Å². The molecule has 0 amide bonds. The fraction of sp³-hybridized carbons (Fsp3) is 0.188. The number of esters is 1. The van der Waals surface area contributed by atoms with Crippen molar-refractivity contribution in [2.24, 2.45) is 0 Å². The first-order chi connectivity index (χ1) is 10.0. The number of carbonyl (C=O) groups excluding carboxylic acids is 1. The van der Waals surface area contributed by atoms with E-state index in [1.807, 2.05) is 0 Å². The summed E-state index contributed by atoms with van der Waals surface area (Å²) in [6.45, 7) is 1.95. The van der Waals surface area contributed by atoms with Gasteiger partial charge in [0, 0.05) is 11.6 Å². The van der Waals surface area contributed by atoms with Crippen LogP contribution in [0.4, 0.5) is 8.78 Å². The third-order valence-corrected chi connectivity index (χ3v) is 3.37. The van der Waals surface area contributed by atoms with Gasteiger partial charge in [-0.15, -0.1) is 11.6 Å². The van der Waals surface area contributed by atoms with Gasteiger partial charge in [0.05, 0.1) is 6.61 Å². The van der Waals surface area contributed by atoms with Crippen LogP contribution in [0.2, 0.25) is 0 Å². The first-order valence-corrected chi connectivity index (χ1v) is 6.82. The predicted molar refractivity (Wildman–Crippen MR) is 77.0 cm³/mol. The minimum Gasteiger partial charge on any atom is -0.465 e. The molecule has 110 valence electrons. The Kier molecular flexibility index (Phi) is 4.91. The smallest absolute Gasteiger partial charge is 0.328 e. The Labute approximate surface area is 126 Å². The molecular formula is C16H13ClF2O2. The maximum atomic E-state index is 13.7. The Morgan fingerprint density at radius 3 is 2.43 bits per heavy atom. The van der Waals surface area contributed by atoms with Crippen molar-refractivity contribution >= 4 is 17.6 Å². The summed E-state index contributed by atoms with van der Waals surface area (Å²) in [7, 11) is 0. The molecular weight excluding hydrogens is 298 g/mol. The average molecular weight is 311 g/mol. The highest BCUT2D eigenvalue weighted by molar-refractivity contribution is 6.29. The summed E-state index contributed by atoms with van der Waals surface area (Å²) in [5.41, 5.74) is 1.41. The maximum absolute atomic E-state index is 13.7. The second-order valence-corrected chi connectivity index (χ2v) is 4.80. The molecule has 1 atom stereocenters. The SMILES string of the molecule is CCOC(=O)C(Cl)c1ccc(-c2ccc(F)cc2F)cc1. The summed E-state index contributed by atoms with van der Waals surface area (Å²) in [5, 5.41) is -0.905. The van der Waals surface area contributed by atoms with Crippen LogP contribution < -0.4 is 0 Å². The van der Waals surface area contributed by atoms with Crippen LogP contribution in [0.25, 0.3) is 11.1 Å². The van der Waals surface area contributed by atoms with E-state index in [-0.39, 0.29) is 12.2 Å². The molecule has 0 spiro atoms. The Morgan fingerprint density at radius 1 is 1.19 bits per heavy atom. The topological polar surface area (TPSA) is 26.3 Å². The number of hydrogen-bond donors (Lipinski definition) is 0. The molecule has 2 rings (SSSR count). The summed E-state index contributed by atoms with van der Waals surface area (Å²) in [5.74, 6) is -1.80. The molecule has 0 aliphatic rings. The molecule has 0 aliphatic heterocycles. The van der Waals surface area contributed by atoms with Crippen molar-refractivity contribution in [3.8, 4) is 11.1 Å². The molecule has 0 aliphatic carbocycles. The fourth-order valence-electron chi connectivity index (χ4n) is 1.91. The van der Waals surface area contributed by atoms with E-state index in [1.54, 1.807) is 31.2 Å². The molecule has 0 saturated heterocycles. The molecule has 0 fully saturated rings. The van der Waals surface area contributed by atoms with Crippen molar-refractivity contribution < 1.29 is 18.3 Å². The normalized spacial score (nSPS) is 12.0. The van der Waals surface area contributed by atoms with Gasteiger partial charge in [0.1, 0.15) is 11.6 Å². The Morgan fingerprint density at radius 2 is 1.86 bits per heavy atom. The zero-order valence-electron chi connectivity index (χ0n) is 11.3. The third kappa shape index (κ3) is 3.58. The zero-order valence-corrected chi connectivity index (χ0v) is 12.0. The quantitative estimate of drug-likeness (QED) is 0.615. The standard InChI is InChI=1S/C16H13ClF2O2/c1-2-21-16(20)15(17)11-5-3-10(4-6-11)13-8-7-12(18)9-14(13)19/h3-9,15H,2H2,1H3. The van der Waals surface area contributed by atoms with Crippen LogP contribution in [-0.2, 0) is 9.53 Å². The second kappa shape index (κ2) is 6.68. The Balaban J connectivity index is 2.24. The van der Waals surface area contributed by atoms with Crippen LogP contribution >= 0.6 is 11.6 Å². The van der Waals surface area contributed by atoms with E-state index in [4.69, 9.17) is 16.3 Å². The molecule has 1 unspecified atom stereocenters. The zero-order chi connectivity index (χ0) is 15.4. The van der Waals surface area contributed by atoms with Gasteiger partial charge in [-0.05, 0) is 30.2 Å². The largest absolute Gasteiger partial charge is 0.465 e. The average Bonchev–Trinajstić information content (AvgIpc) is 2.47. The van der Waals surface area contributed by atoms with E-state index in [2.05, 4.69) is 0 Å². The lowest BCUT2D eigenvalue weighted by molar-refractivity contribution is -0.142. The lowest BCUT2D eigenvalue weighted by atomic mass is 10.0. The Hall–Kier alpha value is -1.94. The summed E-state index contributed by atoms with van der Waals surface area (Å²) in [6, 6.07) is 9.87. The highest BCUT2D eigenvalue weighted by Crippen LogP contribution is 2.27. The number of ether oxygens (including phenoxy) is 1. The number of carbonyl (C=O) groups is 1. The Bertz CT molecular complexity index is 641.